The van der Waals surface area contributed by atoms with Gasteiger partial charge in [-0.1, -0.05) is 0 Å². The molecule has 32 heavy (non-hydrogen) atoms. The van der Waals surface area contributed by atoms with Crippen LogP contribution in [0.3, 0.4) is 0 Å². The number of benzene rings is 2. The lowest BCUT2D eigenvalue weighted by molar-refractivity contribution is -0.138. The van der Waals surface area contributed by atoms with Crippen LogP contribution >= 0.6 is 0 Å². The van der Waals surface area contributed by atoms with Gasteiger partial charge in [0.15, 0.2) is 11.6 Å². The second-order valence-corrected chi connectivity index (χ2v) is 6.54. The maximum absolute atomic E-state index is 13.5. The van der Waals surface area contributed by atoms with Crippen molar-refractivity contribution in [1.29, 1.82) is 0 Å². The number of nitrogens with zero attached hydrogens (tertiary/aromatic N) is 1. The number of aromatic nitrogens is 1. The molecule has 166 valence electrons. The van der Waals surface area contributed by atoms with E-state index in [4.69, 9.17) is 10.5 Å². The first-order valence-corrected chi connectivity index (χ1v) is 8.88. The van der Waals surface area contributed by atoms with E-state index < -0.39 is 46.3 Å². The van der Waals surface area contributed by atoms with E-state index in [-0.39, 0.29) is 22.9 Å². The molecule has 0 atom stereocenters. The molecule has 0 unspecified atom stereocenters. The van der Waals surface area contributed by atoms with Gasteiger partial charge >= 0.3 is 6.18 Å². The third-order valence-electron chi connectivity index (χ3n) is 4.35. The highest BCUT2D eigenvalue weighted by atomic mass is 19.4. The van der Waals surface area contributed by atoms with Gasteiger partial charge in [-0.3, -0.25) is 14.6 Å². The molecule has 3 aromatic rings. The third-order valence-corrected chi connectivity index (χ3v) is 4.35. The molecule has 3 rings (SSSR count). The van der Waals surface area contributed by atoms with E-state index in [1.807, 2.05) is 0 Å². The average Bonchev–Trinajstić information content (AvgIpc) is 2.70. The lowest BCUT2D eigenvalue weighted by Gasteiger charge is -2.18. The molecule has 6 nitrogen and oxygen atoms in total. The zero-order valence-electron chi connectivity index (χ0n) is 16.3. The van der Waals surface area contributed by atoms with Crippen LogP contribution in [0.1, 0.15) is 32.0 Å². The van der Waals surface area contributed by atoms with Crippen LogP contribution in [0.4, 0.5) is 27.6 Å². The number of rotatable bonds is 5. The molecule has 0 radical (unpaired) electrons. The Morgan fingerprint density at radius 1 is 1.03 bits per heavy atom. The number of carbonyl (C=O) groups is 2. The summed E-state index contributed by atoms with van der Waals surface area (Å²) >= 11 is 0. The van der Waals surface area contributed by atoms with Gasteiger partial charge in [0.2, 0.25) is 0 Å². The molecule has 11 heteroatoms. The van der Waals surface area contributed by atoms with Crippen LogP contribution in [0.25, 0.3) is 0 Å². The number of ether oxygens (including phenoxy) is 1. The Hall–Kier alpha value is -4.02. The summed E-state index contributed by atoms with van der Waals surface area (Å²) in [6.45, 7) is 1.07. The summed E-state index contributed by atoms with van der Waals surface area (Å²) < 4.78 is 72.2. The molecule has 2 aromatic carbocycles. The highest BCUT2D eigenvalue weighted by Gasteiger charge is 2.35. The summed E-state index contributed by atoms with van der Waals surface area (Å²) in [6, 6.07) is 6.54. The van der Waals surface area contributed by atoms with E-state index in [1.54, 1.807) is 0 Å². The van der Waals surface area contributed by atoms with Crippen LogP contribution in [-0.4, -0.2) is 16.8 Å². The number of amides is 2. The number of pyridine rings is 1. The number of halogens is 5. The van der Waals surface area contributed by atoms with Crippen LogP contribution in [0, 0.1) is 18.6 Å². The topological polar surface area (TPSA) is 94.3 Å². The fourth-order valence-corrected chi connectivity index (χ4v) is 2.87. The number of anilines is 1. The predicted molar refractivity (Wildman–Crippen MR) is 103 cm³/mol. The Labute approximate surface area is 177 Å². The quantitative estimate of drug-likeness (QED) is 0.544. The Morgan fingerprint density at radius 3 is 2.38 bits per heavy atom. The molecule has 0 saturated carbocycles. The molecule has 0 bridgehead atoms. The van der Waals surface area contributed by atoms with Gasteiger partial charge in [-0.05, 0) is 48.9 Å². The third kappa shape index (κ3) is 4.82. The first kappa shape index (κ1) is 22.7. The van der Waals surface area contributed by atoms with Crippen molar-refractivity contribution in [3.05, 3.63) is 82.7 Å². The Morgan fingerprint density at radius 2 is 1.75 bits per heavy atom. The van der Waals surface area contributed by atoms with E-state index in [0.717, 1.165) is 31.2 Å². The number of carbonyl (C=O) groups excluding carboxylic acids is 2. The number of nitrogens with one attached hydrogen (secondary N) is 1. The highest BCUT2D eigenvalue weighted by molar-refractivity contribution is 6.08. The number of hydrogen-bond donors (Lipinski definition) is 2. The number of primary amides is 1. The smallest absolute Gasteiger partial charge is 0.416 e. The number of hydrogen-bond acceptors (Lipinski definition) is 4. The van der Waals surface area contributed by atoms with Crippen LogP contribution < -0.4 is 15.8 Å². The van der Waals surface area contributed by atoms with Gasteiger partial charge in [0.25, 0.3) is 11.8 Å². The Kier molecular flexibility index (Phi) is 6.10. The van der Waals surface area contributed by atoms with Gasteiger partial charge in [0.05, 0.1) is 11.1 Å². The van der Waals surface area contributed by atoms with E-state index in [0.29, 0.717) is 12.1 Å². The van der Waals surface area contributed by atoms with Crippen LogP contribution in [0.5, 0.6) is 11.5 Å². The second-order valence-electron chi connectivity index (χ2n) is 6.54. The Bertz CT molecular complexity index is 1210. The largest absolute Gasteiger partial charge is 0.456 e. The monoisotopic (exact) mass is 451 g/mol. The summed E-state index contributed by atoms with van der Waals surface area (Å²) in [5.74, 6) is -4.85. The minimum absolute atomic E-state index is 0.0365. The summed E-state index contributed by atoms with van der Waals surface area (Å²) in [5.41, 5.74) is 2.94. The van der Waals surface area contributed by atoms with Crippen LogP contribution in [-0.2, 0) is 6.18 Å². The molecule has 0 aliphatic carbocycles. The van der Waals surface area contributed by atoms with Gasteiger partial charge < -0.3 is 15.8 Å². The fourth-order valence-electron chi connectivity index (χ4n) is 2.87. The fraction of sp³-hybridized carbons (Fsp3) is 0.0952. The highest BCUT2D eigenvalue weighted by Crippen LogP contribution is 2.38. The molecule has 0 aliphatic heterocycles. The zero-order valence-corrected chi connectivity index (χ0v) is 16.3. The summed E-state index contributed by atoms with van der Waals surface area (Å²) in [6.07, 6.45) is -3.59. The predicted octanol–water partition coefficient (Wildman–Crippen LogP) is 4.83. The SMILES string of the molecule is Cc1c(C(F)(F)F)ccc(Oc2ccc(F)c(F)c2)c1C(=O)Nc1ccnc(C(N)=O)c1. The van der Waals surface area contributed by atoms with Crippen molar-refractivity contribution < 1.29 is 36.3 Å². The molecule has 3 N–H and O–H groups in total. The molecule has 0 spiro atoms. The molecule has 1 aromatic heterocycles. The van der Waals surface area contributed by atoms with Crippen molar-refractivity contribution in [3.8, 4) is 11.5 Å². The Balaban J connectivity index is 2.06. The van der Waals surface area contributed by atoms with Crippen molar-refractivity contribution in [1.82, 2.24) is 4.98 Å². The van der Waals surface area contributed by atoms with Gasteiger partial charge in [-0.2, -0.15) is 13.2 Å². The van der Waals surface area contributed by atoms with Gasteiger partial charge in [-0.15, -0.1) is 0 Å². The van der Waals surface area contributed by atoms with Crippen molar-refractivity contribution in [3.63, 3.8) is 0 Å². The van der Waals surface area contributed by atoms with Crippen LogP contribution in [0.15, 0.2) is 48.7 Å². The van der Waals surface area contributed by atoms with E-state index in [9.17, 15) is 31.5 Å². The van der Waals surface area contributed by atoms with Crippen molar-refractivity contribution >= 4 is 17.5 Å². The van der Waals surface area contributed by atoms with Crippen molar-refractivity contribution in [2.45, 2.75) is 13.1 Å². The zero-order chi connectivity index (χ0) is 23.6. The molecule has 2 amide bonds. The first-order chi connectivity index (χ1) is 15.0. The van der Waals surface area contributed by atoms with E-state index >= 15 is 0 Å². The van der Waals surface area contributed by atoms with E-state index in [1.165, 1.54) is 12.3 Å². The van der Waals surface area contributed by atoms with Crippen LogP contribution in [0.2, 0.25) is 0 Å². The van der Waals surface area contributed by atoms with Gasteiger partial charge in [0.1, 0.15) is 17.2 Å². The minimum atomic E-state index is -4.77. The summed E-state index contributed by atoms with van der Waals surface area (Å²) in [4.78, 5) is 27.9. The lowest BCUT2D eigenvalue weighted by Crippen LogP contribution is -2.19. The normalized spacial score (nSPS) is 11.2. The standard InChI is InChI=1S/C21H14F5N3O3/c1-10-13(21(24,25)26)3-5-17(32-12-2-4-14(22)15(23)9-12)18(10)20(31)29-11-6-7-28-16(8-11)19(27)30/h2-9H,1H3,(H2,27,30)(H,28,29,31). The van der Waals surface area contributed by atoms with Gasteiger partial charge in [0, 0.05) is 18.0 Å². The average molecular weight is 451 g/mol. The molecule has 1 heterocycles. The van der Waals surface area contributed by atoms with Gasteiger partial charge in [-0.25, -0.2) is 8.78 Å². The lowest BCUT2D eigenvalue weighted by atomic mass is 10.00. The molecular weight excluding hydrogens is 437 g/mol. The maximum Gasteiger partial charge on any atom is 0.416 e. The molecule has 0 saturated heterocycles. The summed E-state index contributed by atoms with van der Waals surface area (Å²) in [5, 5.41) is 2.35. The van der Waals surface area contributed by atoms with Crippen molar-refractivity contribution in [2.75, 3.05) is 5.32 Å². The maximum atomic E-state index is 13.5. The second kappa shape index (κ2) is 8.61. The molecule has 0 aliphatic rings. The number of nitrogens with two attached hydrogens (primary N) is 1. The van der Waals surface area contributed by atoms with E-state index in [2.05, 4.69) is 10.3 Å². The molecular formula is C21H14F5N3O3. The first-order valence-electron chi connectivity index (χ1n) is 8.88. The van der Waals surface area contributed by atoms with Crippen molar-refractivity contribution in [2.24, 2.45) is 5.73 Å². The minimum Gasteiger partial charge on any atom is -0.456 e. The summed E-state index contributed by atoms with van der Waals surface area (Å²) in [7, 11) is 0. The number of alkyl halides is 3. The molecule has 0 fully saturated rings.